The Morgan fingerprint density at radius 2 is 2.00 bits per heavy atom. The monoisotopic (exact) mass is 237 g/mol. The van der Waals surface area contributed by atoms with Gasteiger partial charge in [0.25, 0.3) is 0 Å². The van der Waals surface area contributed by atoms with Gasteiger partial charge >= 0.3 is 0 Å². The van der Waals surface area contributed by atoms with Crippen LogP contribution in [0.4, 0.5) is 0 Å². The molecule has 0 aliphatic heterocycles. The van der Waals surface area contributed by atoms with E-state index >= 15 is 0 Å². The number of rotatable bonds is 9. The molecule has 1 rings (SSSR count). The van der Waals surface area contributed by atoms with Gasteiger partial charge in [0.15, 0.2) is 0 Å². The summed E-state index contributed by atoms with van der Waals surface area (Å²) in [6.07, 6.45) is 3.41. The number of methoxy groups -OCH3 is 1. The molecular weight excluding hydrogens is 214 g/mol. The normalized spacial score (nSPS) is 12.6. The second-order valence-corrected chi connectivity index (χ2v) is 4.23. The third-order valence-electron chi connectivity index (χ3n) is 2.76. The fraction of sp³-hybridized carbons (Fsp3) is 0.571. The van der Waals surface area contributed by atoms with Crippen molar-refractivity contribution in [3.05, 3.63) is 35.9 Å². The topological polar surface area (TPSA) is 41.5 Å². The molecule has 1 unspecified atom stereocenters. The van der Waals surface area contributed by atoms with Gasteiger partial charge in [0.1, 0.15) is 0 Å². The SMILES string of the molecule is COCC(CO)NCCCCc1ccccc1. The highest BCUT2D eigenvalue weighted by atomic mass is 16.5. The maximum Gasteiger partial charge on any atom is 0.0638 e. The molecule has 3 heteroatoms. The zero-order valence-electron chi connectivity index (χ0n) is 10.6. The first kappa shape index (κ1) is 14.2. The Hall–Kier alpha value is -0.900. The van der Waals surface area contributed by atoms with Gasteiger partial charge in [-0.3, -0.25) is 0 Å². The van der Waals surface area contributed by atoms with Crippen LogP contribution in [0, 0.1) is 0 Å². The molecule has 0 aliphatic rings. The quantitative estimate of drug-likeness (QED) is 0.641. The lowest BCUT2D eigenvalue weighted by atomic mass is 10.1. The largest absolute Gasteiger partial charge is 0.395 e. The lowest BCUT2D eigenvalue weighted by molar-refractivity contribution is 0.128. The molecule has 0 heterocycles. The van der Waals surface area contributed by atoms with Crippen LogP contribution in [0.5, 0.6) is 0 Å². The molecule has 0 aromatic heterocycles. The number of unbranched alkanes of at least 4 members (excludes halogenated alkanes) is 1. The van der Waals surface area contributed by atoms with Crippen molar-refractivity contribution in [1.29, 1.82) is 0 Å². The summed E-state index contributed by atoms with van der Waals surface area (Å²) in [5, 5.41) is 12.3. The highest BCUT2D eigenvalue weighted by molar-refractivity contribution is 5.14. The van der Waals surface area contributed by atoms with Gasteiger partial charge in [-0.05, 0) is 31.4 Å². The number of nitrogens with one attached hydrogen (secondary N) is 1. The second-order valence-electron chi connectivity index (χ2n) is 4.23. The van der Waals surface area contributed by atoms with Gasteiger partial charge in [-0.25, -0.2) is 0 Å². The van der Waals surface area contributed by atoms with E-state index in [1.807, 2.05) is 6.07 Å². The van der Waals surface area contributed by atoms with Gasteiger partial charge in [0.2, 0.25) is 0 Å². The van der Waals surface area contributed by atoms with Crippen LogP contribution >= 0.6 is 0 Å². The number of hydrogen-bond donors (Lipinski definition) is 2. The second kappa shape index (κ2) is 9.16. The van der Waals surface area contributed by atoms with Crippen LogP contribution in [0.2, 0.25) is 0 Å². The fourth-order valence-corrected chi connectivity index (χ4v) is 1.78. The van der Waals surface area contributed by atoms with E-state index < -0.39 is 0 Å². The van der Waals surface area contributed by atoms with Crippen LogP contribution in [0.3, 0.4) is 0 Å². The lowest BCUT2D eigenvalue weighted by Crippen LogP contribution is -2.37. The predicted molar refractivity (Wildman–Crippen MR) is 70.1 cm³/mol. The van der Waals surface area contributed by atoms with Crippen molar-refractivity contribution >= 4 is 0 Å². The molecule has 17 heavy (non-hydrogen) atoms. The zero-order valence-corrected chi connectivity index (χ0v) is 10.6. The van der Waals surface area contributed by atoms with Gasteiger partial charge in [0.05, 0.1) is 19.3 Å². The van der Waals surface area contributed by atoms with Crippen molar-refractivity contribution in [3.8, 4) is 0 Å². The Morgan fingerprint density at radius 3 is 2.65 bits per heavy atom. The molecule has 0 saturated carbocycles. The summed E-state index contributed by atoms with van der Waals surface area (Å²) in [6, 6.07) is 10.6. The minimum absolute atomic E-state index is 0.0664. The average molecular weight is 237 g/mol. The van der Waals surface area contributed by atoms with E-state index in [0.29, 0.717) is 6.61 Å². The number of hydrogen-bond acceptors (Lipinski definition) is 3. The van der Waals surface area contributed by atoms with Crippen LogP contribution in [-0.2, 0) is 11.2 Å². The maximum atomic E-state index is 9.05. The average Bonchev–Trinajstić information content (AvgIpc) is 2.38. The fourth-order valence-electron chi connectivity index (χ4n) is 1.78. The van der Waals surface area contributed by atoms with Gasteiger partial charge in [0, 0.05) is 7.11 Å². The van der Waals surface area contributed by atoms with Gasteiger partial charge < -0.3 is 15.2 Å². The molecule has 1 atom stereocenters. The molecule has 0 radical (unpaired) electrons. The molecule has 0 spiro atoms. The number of aliphatic hydroxyl groups excluding tert-OH is 1. The van der Waals surface area contributed by atoms with Crippen LogP contribution in [0.25, 0.3) is 0 Å². The van der Waals surface area contributed by atoms with Crippen LogP contribution in [0.15, 0.2) is 30.3 Å². The summed E-state index contributed by atoms with van der Waals surface area (Å²) < 4.78 is 5.00. The summed E-state index contributed by atoms with van der Waals surface area (Å²) in [4.78, 5) is 0. The Labute approximate surface area is 104 Å². The van der Waals surface area contributed by atoms with E-state index in [1.165, 1.54) is 12.0 Å². The van der Waals surface area contributed by atoms with E-state index in [9.17, 15) is 0 Å². The Morgan fingerprint density at radius 1 is 1.24 bits per heavy atom. The lowest BCUT2D eigenvalue weighted by Gasteiger charge is -2.14. The number of aryl methyl sites for hydroxylation is 1. The third-order valence-corrected chi connectivity index (χ3v) is 2.76. The molecule has 0 amide bonds. The molecule has 2 N–H and O–H groups in total. The van der Waals surface area contributed by atoms with Crippen molar-refractivity contribution < 1.29 is 9.84 Å². The molecule has 3 nitrogen and oxygen atoms in total. The van der Waals surface area contributed by atoms with Gasteiger partial charge in [-0.2, -0.15) is 0 Å². The Kier molecular flexibility index (Phi) is 7.63. The van der Waals surface area contributed by atoms with Crippen molar-refractivity contribution in [2.45, 2.75) is 25.3 Å². The van der Waals surface area contributed by atoms with Crippen molar-refractivity contribution in [2.24, 2.45) is 0 Å². The first-order valence-electron chi connectivity index (χ1n) is 6.24. The zero-order chi connectivity index (χ0) is 12.3. The summed E-state index contributed by atoms with van der Waals surface area (Å²) >= 11 is 0. The summed E-state index contributed by atoms with van der Waals surface area (Å²) in [6.45, 7) is 1.63. The van der Waals surface area contributed by atoms with Crippen LogP contribution in [-0.4, -0.2) is 38.0 Å². The highest BCUT2D eigenvalue weighted by Crippen LogP contribution is 2.03. The summed E-state index contributed by atoms with van der Waals surface area (Å²) in [5.74, 6) is 0. The summed E-state index contributed by atoms with van der Waals surface area (Å²) in [5.41, 5.74) is 1.39. The van der Waals surface area contributed by atoms with E-state index in [1.54, 1.807) is 7.11 Å². The van der Waals surface area contributed by atoms with E-state index in [0.717, 1.165) is 19.4 Å². The number of aliphatic hydroxyl groups is 1. The van der Waals surface area contributed by atoms with Crippen molar-refractivity contribution in [1.82, 2.24) is 5.32 Å². The first-order chi connectivity index (χ1) is 8.36. The Balaban J connectivity index is 2.04. The first-order valence-corrected chi connectivity index (χ1v) is 6.24. The van der Waals surface area contributed by atoms with E-state index in [4.69, 9.17) is 9.84 Å². The molecule has 1 aromatic carbocycles. The molecule has 0 aliphatic carbocycles. The minimum atomic E-state index is 0.0664. The predicted octanol–water partition coefficient (Wildman–Crippen LogP) is 1.61. The smallest absolute Gasteiger partial charge is 0.0638 e. The van der Waals surface area contributed by atoms with Crippen LogP contribution in [0.1, 0.15) is 18.4 Å². The minimum Gasteiger partial charge on any atom is -0.395 e. The third kappa shape index (κ3) is 6.41. The van der Waals surface area contributed by atoms with Gasteiger partial charge in [-0.15, -0.1) is 0 Å². The van der Waals surface area contributed by atoms with Crippen LogP contribution < -0.4 is 5.32 Å². The molecule has 96 valence electrons. The molecule has 0 fully saturated rings. The van der Waals surface area contributed by atoms with Gasteiger partial charge in [-0.1, -0.05) is 30.3 Å². The number of ether oxygens (including phenoxy) is 1. The van der Waals surface area contributed by atoms with Crippen molar-refractivity contribution in [2.75, 3.05) is 26.9 Å². The van der Waals surface area contributed by atoms with Crippen molar-refractivity contribution in [3.63, 3.8) is 0 Å². The molecule has 0 bridgehead atoms. The summed E-state index contributed by atoms with van der Waals surface area (Å²) in [7, 11) is 1.65. The van der Waals surface area contributed by atoms with E-state index in [2.05, 4.69) is 29.6 Å². The maximum absolute atomic E-state index is 9.05. The Bertz CT molecular complexity index is 277. The highest BCUT2D eigenvalue weighted by Gasteiger charge is 2.04. The standard InChI is InChI=1S/C14H23NO2/c1-17-12-14(11-16)15-10-6-5-9-13-7-3-2-4-8-13/h2-4,7-8,14-16H,5-6,9-12H2,1H3. The molecule has 1 aromatic rings. The number of benzene rings is 1. The molecular formula is C14H23NO2. The molecule has 0 saturated heterocycles. The van der Waals surface area contributed by atoms with E-state index in [-0.39, 0.29) is 12.6 Å².